The van der Waals surface area contributed by atoms with Gasteiger partial charge >= 0.3 is 0 Å². The van der Waals surface area contributed by atoms with E-state index in [-0.39, 0.29) is 11.9 Å². The van der Waals surface area contributed by atoms with Crippen molar-refractivity contribution in [3.63, 3.8) is 0 Å². The molecule has 1 aliphatic rings. The van der Waals surface area contributed by atoms with Crippen LogP contribution in [0.1, 0.15) is 49.3 Å². The largest absolute Gasteiger partial charge is 0.337 e. The zero-order valence-corrected chi connectivity index (χ0v) is 12.4. The highest BCUT2D eigenvalue weighted by molar-refractivity contribution is 5.92. The van der Waals surface area contributed by atoms with Gasteiger partial charge in [0.1, 0.15) is 5.69 Å². The minimum Gasteiger partial charge on any atom is -0.337 e. The number of amides is 1. The number of anilines is 1. The van der Waals surface area contributed by atoms with E-state index in [1.165, 1.54) is 0 Å². The lowest BCUT2D eigenvalue weighted by Crippen LogP contribution is -2.33. The van der Waals surface area contributed by atoms with Gasteiger partial charge in [-0.15, -0.1) is 0 Å². The number of carbonyl (C=O) groups excluding carboxylic acids is 1. The monoisotopic (exact) mass is 277 g/mol. The fraction of sp³-hybridized carbons (Fsp3) is 0.643. The quantitative estimate of drug-likeness (QED) is 0.635. The molecule has 6 nitrogen and oxygen atoms in total. The van der Waals surface area contributed by atoms with Gasteiger partial charge in [0.25, 0.3) is 5.91 Å². The van der Waals surface area contributed by atoms with E-state index in [4.69, 9.17) is 5.84 Å². The van der Waals surface area contributed by atoms with Crippen molar-refractivity contribution in [3.8, 4) is 0 Å². The van der Waals surface area contributed by atoms with Crippen LogP contribution in [0, 0.1) is 12.3 Å². The summed E-state index contributed by atoms with van der Waals surface area (Å²) in [5.74, 6) is 5.57. The number of nitrogens with one attached hydrogen (secondary N) is 1. The highest BCUT2D eigenvalue weighted by Gasteiger charge is 2.26. The van der Waals surface area contributed by atoms with Crippen LogP contribution in [0.3, 0.4) is 0 Å². The van der Waals surface area contributed by atoms with E-state index in [1.807, 2.05) is 11.8 Å². The molecular weight excluding hydrogens is 254 g/mol. The Bertz CT molecular complexity index is 500. The van der Waals surface area contributed by atoms with E-state index < -0.39 is 0 Å². The first-order valence-electron chi connectivity index (χ1n) is 7.03. The Labute approximate surface area is 119 Å². The van der Waals surface area contributed by atoms with E-state index in [0.29, 0.717) is 11.1 Å². The number of hydrogen-bond acceptors (Lipinski definition) is 5. The van der Waals surface area contributed by atoms with Gasteiger partial charge in [-0.3, -0.25) is 10.2 Å². The molecule has 6 heteroatoms. The molecule has 20 heavy (non-hydrogen) atoms. The van der Waals surface area contributed by atoms with Gasteiger partial charge < -0.3 is 4.90 Å². The van der Waals surface area contributed by atoms with Gasteiger partial charge in [-0.05, 0) is 37.7 Å². The minimum absolute atomic E-state index is 0.0373. The Morgan fingerprint density at radius 3 is 2.80 bits per heavy atom. The first kappa shape index (κ1) is 14.7. The predicted octanol–water partition coefficient (Wildman–Crippen LogP) is 1.72. The second kappa shape index (κ2) is 5.75. The average molecular weight is 277 g/mol. The summed E-state index contributed by atoms with van der Waals surface area (Å²) < 4.78 is 0. The molecular formula is C14H23N5O. The molecule has 0 atom stereocenters. The highest BCUT2D eigenvalue weighted by Crippen LogP contribution is 2.30. The third-order valence-electron chi connectivity index (χ3n) is 3.83. The molecule has 0 aromatic carbocycles. The summed E-state index contributed by atoms with van der Waals surface area (Å²) in [7, 11) is 0. The number of carbonyl (C=O) groups is 1. The fourth-order valence-corrected chi connectivity index (χ4v) is 2.53. The van der Waals surface area contributed by atoms with Crippen molar-refractivity contribution in [2.45, 2.75) is 40.0 Å². The summed E-state index contributed by atoms with van der Waals surface area (Å²) in [6.07, 6.45) is 3.20. The third kappa shape index (κ3) is 3.45. The maximum absolute atomic E-state index is 12.6. The summed E-state index contributed by atoms with van der Waals surface area (Å²) >= 11 is 0. The molecule has 2 rings (SSSR count). The average Bonchev–Trinajstić information content (AvgIpc) is 2.58. The minimum atomic E-state index is -0.0373. The smallest absolute Gasteiger partial charge is 0.272 e. The molecule has 1 aromatic heterocycles. The molecule has 0 bridgehead atoms. The second-order valence-corrected chi connectivity index (χ2v) is 6.17. The molecule has 1 amide bonds. The standard InChI is InChI=1S/C14H23N5O/c1-10-9-11(17-13(16-10)18-15)12(20)19-7-4-5-14(2,3)6-8-19/h9H,4-8,15H2,1-3H3,(H,16,17,18). The first-order valence-corrected chi connectivity index (χ1v) is 7.03. The number of nitrogens with two attached hydrogens (primary N) is 1. The second-order valence-electron chi connectivity index (χ2n) is 6.17. The number of hydrazine groups is 1. The number of aromatic nitrogens is 2. The molecule has 2 heterocycles. The van der Waals surface area contributed by atoms with Crippen molar-refractivity contribution in [2.75, 3.05) is 18.5 Å². The lowest BCUT2D eigenvalue weighted by Gasteiger charge is -2.23. The van der Waals surface area contributed by atoms with Gasteiger partial charge in [0.05, 0.1) is 0 Å². The first-order chi connectivity index (χ1) is 9.41. The van der Waals surface area contributed by atoms with Crippen molar-refractivity contribution >= 4 is 11.9 Å². The molecule has 1 saturated heterocycles. The lowest BCUT2D eigenvalue weighted by molar-refractivity contribution is 0.0751. The van der Waals surface area contributed by atoms with Crippen molar-refractivity contribution < 1.29 is 4.79 Å². The van der Waals surface area contributed by atoms with Crippen molar-refractivity contribution in [1.29, 1.82) is 0 Å². The van der Waals surface area contributed by atoms with E-state index in [0.717, 1.165) is 38.0 Å². The molecule has 1 fully saturated rings. The van der Waals surface area contributed by atoms with Gasteiger partial charge in [0, 0.05) is 18.8 Å². The van der Waals surface area contributed by atoms with Crippen molar-refractivity contribution in [2.24, 2.45) is 11.3 Å². The predicted molar refractivity (Wildman–Crippen MR) is 78.1 cm³/mol. The summed E-state index contributed by atoms with van der Waals surface area (Å²) in [5.41, 5.74) is 3.84. The van der Waals surface area contributed by atoms with Gasteiger partial charge in [0.15, 0.2) is 0 Å². The number of hydrogen-bond donors (Lipinski definition) is 2. The van der Waals surface area contributed by atoms with Gasteiger partial charge in [-0.2, -0.15) is 0 Å². The SMILES string of the molecule is Cc1cc(C(=O)N2CCCC(C)(C)CC2)nc(NN)n1. The fourth-order valence-electron chi connectivity index (χ4n) is 2.53. The van der Waals surface area contributed by atoms with Crippen LogP contribution in [0.2, 0.25) is 0 Å². The van der Waals surface area contributed by atoms with Crippen LogP contribution in [0.25, 0.3) is 0 Å². The molecule has 0 unspecified atom stereocenters. The molecule has 0 radical (unpaired) electrons. The van der Waals surface area contributed by atoms with E-state index in [2.05, 4.69) is 29.2 Å². The van der Waals surface area contributed by atoms with Crippen LogP contribution < -0.4 is 11.3 Å². The highest BCUT2D eigenvalue weighted by atomic mass is 16.2. The number of nitrogen functional groups attached to an aromatic ring is 1. The normalized spacial score (nSPS) is 18.5. The molecule has 0 aliphatic carbocycles. The maximum atomic E-state index is 12.6. The Kier molecular flexibility index (Phi) is 4.23. The van der Waals surface area contributed by atoms with Gasteiger partial charge in [0.2, 0.25) is 5.95 Å². The van der Waals surface area contributed by atoms with Crippen LogP contribution in [0.15, 0.2) is 6.07 Å². The van der Waals surface area contributed by atoms with E-state index in [1.54, 1.807) is 6.07 Å². The van der Waals surface area contributed by atoms with Crippen LogP contribution in [-0.4, -0.2) is 33.9 Å². The molecule has 0 spiro atoms. The van der Waals surface area contributed by atoms with Crippen LogP contribution in [0.4, 0.5) is 5.95 Å². The molecule has 0 saturated carbocycles. The van der Waals surface area contributed by atoms with Crippen LogP contribution in [0.5, 0.6) is 0 Å². The summed E-state index contributed by atoms with van der Waals surface area (Å²) in [6.45, 7) is 7.90. The zero-order valence-electron chi connectivity index (χ0n) is 12.4. The summed E-state index contributed by atoms with van der Waals surface area (Å²) in [6, 6.07) is 1.71. The van der Waals surface area contributed by atoms with Crippen LogP contribution >= 0.6 is 0 Å². The Morgan fingerprint density at radius 2 is 2.10 bits per heavy atom. The third-order valence-corrected chi connectivity index (χ3v) is 3.83. The number of rotatable bonds is 2. The summed E-state index contributed by atoms with van der Waals surface area (Å²) in [4.78, 5) is 22.7. The molecule has 1 aromatic rings. The van der Waals surface area contributed by atoms with Gasteiger partial charge in [-0.1, -0.05) is 13.8 Å². The topological polar surface area (TPSA) is 84.1 Å². The van der Waals surface area contributed by atoms with Crippen LogP contribution in [-0.2, 0) is 0 Å². The molecule has 1 aliphatic heterocycles. The zero-order chi connectivity index (χ0) is 14.8. The van der Waals surface area contributed by atoms with E-state index >= 15 is 0 Å². The number of likely N-dealkylation sites (tertiary alicyclic amines) is 1. The van der Waals surface area contributed by atoms with E-state index in [9.17, 15) is 4.79 Å². The molecule has 3 N–H and O–H groups in total. The van der Waals surface area contributed by atoms with Crippen molar-refractivity contribution in [3.05, 3.63) is 17.5 Å². The Balaban J connectivity index is 2.16. The summed E-state index contributed by atoms with van der Waals surface area (Å²) in [5, 5.41) is 0. The maximum Gasteiger partial charge on any atom is 0.272 e. The van der Waals surface area contributed by atoms with Gasteiger partial charge in [-0.25, -0.2) is 15.8 Å². The molecule has 110 valence electrons. The lowest BCUT2D eigenvalue weighted by atomic mass is 9.85. The number of nitrogens with zero attached hydrogens (tertiary/aromatic N) is 3. The Hall–Kier alpha value is -1.69. The number of aryl methyl sites for hydroxylation is 1. The Morgan fingerprint density at radius 1 is 1.35 bits per heavy atom. The van der Waals surface area contributed by atoms with Crippen molar-refractivity contribution in [1.82, 2.24) is 14.9 Å².